The quantitative estimate of drug-likeness (QED) is 0.645. The fourth-order valence-corrected chi connectivity index (χ4v) is 2.21. The van der Waals surface area contributed by atoms with Crippen LogP contribution in [0.1, 0.15) is 30.0 Å². The van der Waals surface area contributed by atoms with Gasteiger partial charge in [-0.05, 0) is 42.4 Å². The number of fused-ring (bicyclic) bond motifs is 1. The molecule has 0 saturated heterocycles. The Morgan fingerprint density at radius 2 is 2.08 bits per heavy atom. The summed E-state index contributed by atoms with van der Waals surface area (Å²) in [6.07, 6.45) is 3.96. The predicted molar refractivity (Wildman–Crippen MR) is 59.6 cm³/mol. The van der Waals surface area contributed by atoms with Crippen LogP contribution >= 0.6 is 12.4 Å². The Kier molecular flexibility index (Phi) is 3.38. The van der Waals surface area contributed by atoms with Crippen molar-refractivity contribution in [1.29, 1.82) is 0 Å². The molecule has 1 atom stereocenters. The molecule has 1 aromatic rings. The highest BCUT2D eigenvalue weighted by Crippen LogP contribution is 2.30. The van der Waals surface area contributed by atoms with Crippen LogP contribution in [0.4, 0.5) is 0 Å². The Morgan fingerprint density at radius 1 is 1.31 bits per heavy atom. The van der Waals surface area contributed by atoms with Gasteiger partial charge < -0.3 is 0 Å². The predicted octanol–water partition coefficient (Wildman–Crippen LogP) is 3.54. The van der Waals surface area contributed by atoms with Crippen molar-refractivity contribution in [2.75, 3.05) is 0 Å². The van der Waals surface area contributed by atoms with E-state index in [9.17, 15) is 0 Å². The molecule has 1 heteroatoms. The molecule has 0 amide bonds. The van der Waals surface area contributed by atoms with E-state index in [0.717, 1.165) is 5.92 Å². The molecule has 1 unspecified atom stereocenters. The van der Waals surface area contributed by atoms with E-state index in [1.807, 2.05) is 0 Å². The van der Waals surface area contributed by atoms with Crippen molar-refractivity contribution < 1.29 is 0 Å². The zero-order chi connectivity index (χ0) is 8.55. The minimum absolute atomic E-state index is 0. The van der Waals surface area contributed by atoms with Crippen LogP contribution in [0.5, 0.6) is 0 Å². The summed E-state index contributed by atoms with van der Waals surface area (Å²) < 4.78 is 0. The second-order valence-electron chi connectivity index (χ2n) is 3.90. The Balaban J connectivity index is 0.000000845. The van der Waals surface area contributed by atoms with Gasteiger partial charge in [-0.15, -0.1) is 12.4 Å². The molecule has 0 radical (unpaired) electrons. The van der Waals surface area contributed by atoms with Gasteiger partial charge in [0.05, 0.1) is 0 Å². The van der Waals surface area contributed by atoms with Crippen molar-refractivity contribution in [2.45, 2.75) is 33.1 Å². The van der Waals surface area contributed by atoms with Gasteiger partial charge in [-0.1, -0.05) is 31.5 Å². The maximum absolute atomic E-state index is 2.30. The Labute approximate surface area is 86.8 Å². The number of hydrogen-bond acceptors (Lipinski definition) is 0. The van der Waals surface area contributed by atoms with E-state index in [0.29, 0.717) is 0 Å². The molecule has 0 N–H and O–H groups in total. The van der Waals surface area contributed by atoms with Gasteiger partial charge in [0.25, 0.3) is 0 Å². The van der Waals surface area contributed by atoms with Crippen molar-refractivity contribution in [1.82, 2.24) is 0 Å². The van der Waals surface area contributed by atoms with Crippen molar-refractivity contribution >= 4 is 12.4 Å². The number of rotatable bonds is 1. The normalized spacial score (nSPS) is 19.4. The SMILES string of the molecule is CCC1Cc2cccc(C)c2C1.Cl. The molecule has 1 aliphatic rings. The van der Waals surface area contributed by atoms with Crippen LogP contribution < -0.4 is 0 Å². The zero-order valence-electron chi connectivity index (χ0n) is 8.34. The lowest BCUT2D eigenvalue weighted by Crippen LogP contribution is -1.95. The van der Waals surface area contributed by atoms with Gasteiger partial charge in [-0.2, -0.15) is 0 Å². The topological polar surface area (TPSA) is 0 Å². The summed E-state index contributed by atoms with van der Waals surface area (Å²) in [5.74, 6) is 0.918. The Morgan fingerprint density at radius 3 is 2.69 bits per heavy atom. The molecule has 2 rings (SSSR count). The third-order valence-electron chi connectivity index (χ3n) is 3.09. The van der Waals surface area contributed by atoms with Crippen LogP contribution in [0.15, 0.2) is 18.2 Å². The molecule has 0 saturated carbocycles. The second kappa shape index (κ2) is 4.15. The summed E-state index contributed by atoms with van der Waals surface area (Å²) in [6.45, 7) is 4.53. The first kappa shape index (κ1) is 10.6. The molecular weight excluding hydrogens is 180 g/mol. The number of hydrogen-bond donors (Lipinski definition) is 0. The zero-order valence-corrected chi connectivity index (χ0v) is 9.16. The Hall–Kier alpha value is -0.490. The van der Waals surface area contributed by atoms with Crippen LogP contribution in [-0.2, 0) is 12.8 Å². The van der Waals surface area contributed by atoms with E-state index in [4.69, 9.17) is 0 Å². The smallest absolute Gasteiger partial charge is 0.0242 e. The third-order valence-corrected chi connectivity index (χ3v) is 3.09. The summed E-state index contributed by atoms with van der Waals surface area (Å²) in [6, 6.07) is 6.71. The molecule has 0 aliphatic heterocycles. The van der Waals surface area contributed by atoms with E-state index in [-0.39, 0.29) is 12.4 Å². The highest BCUT2D eigenvalue weighted by atomic mass is 35.5. The average molecular weight is 197 g/mol. The first-order chi connectivity index (χ1) is 5.81. The molecular formula is C12H17Cl. The molecule has 0 fully saturated rings. The van der Waals surface area contributed by atoms with Gasteiger partial charge >= 0.3 is 0 Å². The largest absolute Gasteiger partial charge is 0.147 e. The molecule has 13 heavy (non-hydrogen) atoms. The lowest BCUT2D eigenvalue weighted by Gasteiger charge is -2.02. The molecule has 0 bridgehead atoms. The van der Waals surface area contributed by atoms with Gasteiger partial charge in [0.15, 0.2) is 0 Å². The first-order valence-electron chi connectivity index (χ1n) is 4.88. The van der Waals surface area contributed by atoms with E-state index < -0.39 is 0 Å². The number of benzene rings is 1. The van der Waals surface area contributed by atoms with Crippen LogP contribution in [0, 0.1) is 12.8 Å². The summed E-state index contributed by atoms with van der Waals surface area (Å²) >= 11 is 0. The lowest BCUT2D eigenvalue weighted by molar-refractivity contribution is 0.542. The van der Waals surface area contributed by atoms with Crippen molar-refractivity contribution in [3.63, 3.8) is 0 Å². The fraction of sp³-hybridized carbons (Fsp3) is 0.500. The van der Waals surface area contributed by atoms with Crippen LogP contribution in [0.2, 0.25) is 0 Å². The molecule has 0 nitrogen and oxygen atoms in total. The molecule has 1 aliphatic carbocycles. The van der Waals surface area contributed by atoms with E-state index in [1.54, 1.807) is 11.1 Å². The molecule has 0 aromatic heterocycles. The molecule has 0 heterocycles. The van der Waals surface area contributed by atoms with Crippen LogP contribution in [0.3, 0.4) is 0 Å². The summed E-state index contributed by atoms with van der Waals surface area (Å²) in [4.78, 5) is 0. The molecule has 72 valence electrons. The lowest BCUT2D eigenvalue weighted by atomic mass is 10.0. The van der Waals surface area contributed by atoms with Crippen molar-refractivity contribution in [2.24, 2.45) is 5.92 Å². The van der Waals surface area contributed by atoms with Gasteiger partial charge in [0, 0.05) is 0 Å². The van der Waals surface area contributed by atoms with E-state index >= 15 is 0 Å². The summed E-state index contributed by atoms with van der Waals surface area (Å²) in [5, 5.41) is 0. The monoisotopic (exact) mass is 196 g/mol. The van der Waals surface area contributed by atoms with Gasteiger partial charge in [-0.3, -0.25) is 0 Å². The van der Waals surface area contributed by atoms with Crippen molar-refractivity contribution in [3.8, 4) is 0 Å². The first-order valence-corrected chi connectivity index (χ1v) is 4.88. The summed E-state index contributed by atoms with van der Waals surface area (Å²) in [5.41, 5.74) is 4.72. The van der Waals surface area contributed by atoms with Gasteiger partial charge in [0.2, 0.25) is 0 Å². The van der Waals surface area contributed by atoms with Crippen LogP contribution in [0.25, 0.3) is 0 Å². The van der Waals surface area contributed by atoms with Gasteiger partial charge in [-0.25, -0.2) is 0 Å². The maximum Gasteiger partial charge on any atom is -0.0242 e. The van der Waals surface area contributed by atoms with Crippen molar-refractivity contribution in [3.05, 3.63) is 34.9 Å². The minimum Gasteiger partial charge on any atom is -0.147 e. The minimum atomic E-state index is 0. The number of aryl methyl sites for hydroxylation is 1. The standard InChI is InChI=1S/C12H16.ClH/c1-3-10-7-11-6-4-5-9(2)12(11)8-10;/h4-6,10H,3,7-8H2,1-2H3;1H. The molecule has 1 aromatic carbocycles. The van der Waals surface area contributed by atoms with E-state index in [2.05, 4.69) is 32.0 Å². The van der Waals surface area contributed by atoms with E-state index in [1.165, 1.54) is 24.8 Å². The number of halogens is 1. The second-order valence-corrected chi connectivity index (χ2v) is 3.90. The van der Waals surface area contributed by atoms with Gasteiger partial charge in [0.1, 0.15) is 0 Å². The molecule has 0 spiro atoms. The average Bonchev–Trinajstić information content (AvgIpc) is 2.49. The maximum atomic E-state index is 2.30. The third kappa shape index (κ3) is 1.88. The Bertz CT molecular complexity index is 291. The summed E-state index contributed by atoms with van der Waals surface area (Å²) in [7, 11) is 0. The van der Waals surface area contributed by atoms with Crippen LogP contribution in [-0.4, -0.2) is 0 Å². The fourth-order valence-electron chi connectivity index (χ4n) is 2.21. The highest BCUT2D eigenvalue weighted by Gasteiger charge is 2.20. The highest BCUT2D eigenvalue weighted by molar-refractivity contribution is 5.85.